The minimum atomic E-state index is -2.05. The van der Waals surface area contributed by atoms with Gasteiger partial charge in [-0.25, -0.2) is 26.3 Å². The van der Waals surface area contributed by atoms with Crippen LogP contribution in [0.2, 0.25) is 0 Å². The molecule has 0 aliphatic heterocycles. The van der Waals surface area contributed by atoms with Gasteiger partial charge in [0.15, 0.2) is 23.1 Å². The van der Waals surface area contributed by atoms with Crippen LogP contribution in [0.4, 0.5) is 26.3 Å². The molecule has 3 aromatic carbocycles. The predicted molar refractivity (Wildman–Crippen MR) is 103 cm³/mol. The molecule has 0 bridgehead atoms. The SMILES string of the molecule is COc1ccc(F)c(B(c2c(F)cc(F)cc2OC)c2c(F)ccc(OC)c2F)c1F. The summed E-state index contributed by atoms with van der Waals surface area (Å²) in [5, 5.41) is 0. The highest BCUT2D eigenvalue weighted by Gasteiger charge is 2.39. The van der Waals surface area contributed by atoms with Crippen molar-refractivity contribution in [3.05, 3.63) is 71.3 Å². The van der Waals surface area contributed by atoms with E-state index in [1.807, 2.05) is 0 Å². The number of hydrogen-bond donors (Lipinski definition) is 0. The first-order valence-corrected chi connectivity index (χ1v) is 8.81. The molecule has 162 valence electrons. The van der Waals surface area contributed by atoms with Crippen LogP contribution in [0.1, 0.15) is 0 Å². The van der Waals surface area contributed by atoms with Gasteiger partial charge in [0.2, 0.25) is 0 Å². The van der Waals surface area contributed by atoms with Crippen LogP contribution in [0.3, 0.4) is 0 Å². The van der Waals surface area contributed by atoms with E-state index in [1.54, 1.807) is 0 Å². The van der Waals surface area contributed by atoms with E-state index in [-0.39, 0.29) is 0 Å². The average Bonchev–Trinajstić information content (AvgIpc) is 2.72. The van der Waals surface area contributed by atoms with E-state index in [1.165, 1.54) is 0 Å². The molecule has 3 aromatic rings. The number of rotatable bonds is 6. The number of methoxy groups -OCH3 is 3. The van der Waals surface area contributed by atoms with Crippen LogP contribution in [0.25, 0.3) is 0 Å². The first-order valence-electron chi connectivity index (χ1n) is 8.81. The number of benzene rings is 3. The van der Waals surface area contributed by atoms with E-state index in [4.69, 9.17) is 14.2 Å². The van der Waals surface area contributed by atoms with Gasteiger partial charge in [-0.05, 0) is 24.3 Å². The minimum Gasteiger partial charge on any atom is -0.497 e. The molecule has 0 saturated carbocycles. The first kappa shape index (κ1) is 22.4. The molecule has 0 amide bonds. The molecule has 0 N–H and O–H groups in total. The van der Waals surface area contributed by atoms with Crippen LogP contribution in [0.5, 0.6) is 17.2 Å². The highest BCUT2D eigenvalue weighted by molar-refractivity contribution is 6.96. The molecule has 0 heterocycles. The number of ether oxygens (including phenoxy) is 3. The van der Waals surface area contributed by atoms with Crippen molar-refractivity contribution in [1.82, 2.24) is 0 Å². The van der Waals surface area contributed by atoms with Gasteiger partial charge in [-0.3, -0.25) is 0 Å². The van der Waals surface area contributed by atoms with Crippen molar-refractivity contribution >= 4 is 23.1 Å². The monoisotopic (exact) mass is 440 g/mol. The molecule has 3 rings (SSSR count). The Morgan fingerprint density at radius 3 is 1.42 bits per heavy atom. The largest absolute Gasteiger partial charge is 0.497 e. The van der Waals surface area contributed by atoms with Crippen molar-refractivity contribution in [2.45, 2.75) is 0 Å². The topological polar surface area (TPSA) is 27.7 Å². The van der Waals surface area contributed by atoms with Crippen LogP contribution in [0, 0.1) is 34.9 Å². The van der Waals surface area contributed by atoms with E-state index in [0.717, 1.165) is 51.7 Å². The molecular formula is C21H15BF6O3. The van der Waals surface area contributed by atoms with Crippen molar-refractivity contribution in [2.75, 3.05) is 21.3 Å². The fraction of sp³-hybridized carbons (Fsp3) is 0.143. The normalized spacial score (nSPS) is 10.7. The van der Waals surface area contributed by atoms with Crippen LogP contribution in [-0.2, 0) is 0 Å². The number of hydrogen-bond acceptors (Lipinski definition) is 3. The average molecular weight is 440 g/mol. The summed E-state index contributed by atoms with van der Waals surface area (Å²) in [5.41, 5.74) is -2.52. The van der Waals surface area contributed by atoms with E-state index in [2.05, 4.69) is 0 Å². The smallest absolute Gasteiger partial charge is 0.265 e. The maximum absolute atomic E-state index is 15.2. The number of halogens is 6. The standard InChI is InChI=1S/C21H15BF6O3/c1-29-14-6-4-11(24)18(20(14)27)22(17-13(26)8-10(23)9-16(17)31-3)19-12(25)5-7-15(30-2)21(19)28/h4-9H,1-3H3. The van der Waals surface area contributed by atoms with Crippen LogP contribution in [-0.4, -0.2) is 28.0 Å². The lowest BCUT2D eigenvalue weighted by Gasteiger charge is -2.22. The molecule has 0 unspecified atom stereocenters. The third-order valence-electron chi connectivity index (χ3n) is 4.76. The van der Waals surface area contributed by atoms with Gasteiger partial charge in [0.05, 0.1) is 21.3 Å². The summed E-state index contributed by atoms with van der Waals surface area (Å²) in [6.45, 7) is -2.05. The van der Waals surface area contributed by atoms with Crippen LogP contribution >= 0.6 is 0 Å². The summed E-state index contributed by atoms with van der Waals surface area (Å²) in [6.07, 6.45) is 0. The van der Waals surface area contributed by atoms with Crippen LogP contribution < -0.4 is 30.6 Å². The van der Waals surface area contributed by atoms with Gasteiger partial charge >= 0.3 is 0 Å². The molecule has 0 radical (unpaired) electrons. The molecule has 0 spiro atoms. The molecule has 10 heteroatoms. The zero-order valence-electron chi connectivity index (χ0n) is 16.5. The Kier molecular flexibility index (Phi) is 6.38. The summed E-state index contributed by atoms with van der Waals surface area (Å²) in [4.78, 5) is 0. The highest BCUT2D eigenvalue weighted by atomic mass is 19.2. The lowest BCUT2D eigenvalue weighted by molar-refractivity contribution is 0.385. The zero-order valence-corrected chi connectivity index (χ0v) is 16.5. The molecular weight excluding hydrogens is 425 g/mol. The summed E-state index contributed by atoms with van der Waals surface area (Å²) in [5.74, 6) is -8.92. The molecule has 0 fully saturated rings. The first-order chi connectivity index (χ1) is 14.7. The van der Waals surface area contributed by atoms with Crippen molar-refractivity contribution in [3.8, 4) is 17.2 Å². The summed E-state index contributed by atoms with van der Waals surface area (Å²) >= 11 is 0. The molecule has 31 heavy (non-hydrogen) atoms. The Labute approximate surface area is 174 Å². The Morgan fingerprint density at radius 1 is 0.548 bits per heavy atom. The fourth-order valence-electron chi connectivity index (χ4n) is 3.39. The van der Waals surface area contributed by atoms with E-state index >= 15 is 8.78 Å². The van der Waals surface area contributed by atoms with Gasteiger partial charge < -0.3 is 14.2 Å². The Bertz CT molecular complexity index is 1080. The molecule has 0 aromatic heterocycles. The second-order valence-electron chi connectivity index (χ2n) is 6.39. The van der Waals surface area contributed by atoms with E-state index in [9.17, 15) is 17.6 Å². The maximum atomic E-state index is 15.2. The molecule has 3 nitrogen and oxygen atoms in total. The van der Waals surface area contributed by atoms with Gasteiger partial charge in [-0.15, -0.1) is 0 Å². The van der Waals surface area contributed by atoms with E-state index in [0.29, 0.717) is 6.07 Å². The molecule has 0 aliphatic rings. The van der Waals surface area contributed by atoms with Gasteiger partial charge in [0.25, 0.3) is 6.71 Å². The predicted octanol–water partition coefficient (Wildman–Crippen LogP) is 3.06. The Hall–Kier alpha value is -3.30. The van der Waals surface area contributed by atoms with Crippen molar-refractivity contribution < 1.29 is 40.6 Å². The molecule has 0 aliphatic carbocycles. The second kappa shape index (κ2) is 8.83. The van der Waals surface area contributed by atoms with Crippen molar-refractivity contribution in [1.29, 1.82) is 0 Å². The quantitative estimate of drug-likeness (QED) is 0.436. The van der Waals surface area contributed by atoms with Gasteiger partial charge in [-0.2, -0.15) is 0 Å². The van der Waals surface area contributed by atoms with E-state index < -0.39 is 75.3 Å². The Balaban J connectivity index is 2.51. The van der Waals surface area contributed by atoms with Crippen molar-refractivity contribution in [2.24, 2.45) is 0 Å². The van der Waals surface area contributed by atoms with Gasteiger partial charge in [0, 0.05) is 28.5 Å². The summed E-state index contributed by atoms with van der Waals surface area (Å²) in [6, 6.07) is 4.67. The van der Waals surface area contributed by atoms with Crippen LogP contribution in [0.15, 0.2) is 36.4 Å². The third kappa shape index (κ3) is 3.89. The lowest BCUT2D eigenvalue weighted by Crippen LogP contribution is -2.58. The highest BCUT2D eigenvalue weighted by Crippen LogP contribution is 2.23. The van der Waals surface area contributed by atoms with Crippen molar-refractivity contribution in [3.63, 3.8) is 0 Å². The summed E-state index contributed by atoms with van der Waals surface area (Å²) in [7, 11) is 3.24. The molecule has 0 saturated heterocycles. The Morgan fingerprint density at radius 2 is 1.00 bits per heavy atom. The minimum absolute atomic E-state index is 0.414. The zero-order chi connectivity index (χ0) is 22.9. The molecule has 0 atom stereocenters. The van der Waals surface area contributed by atoms with Gasteiger partial charge in [-0.1, -0.05) is 0 Å². The fourth-order valence-corrected chi connectivity index (χ4v) is 3.39. The van der Waals surface area contributed by atoms with Gasteiger partial charge in [0.1, 0.15) is 29.0 Å². The maximum Gasteiger partial charge on any atom is 0.265 e. The lowest BCUT2D eigenvalue weighted by atomic mass is 9.36. The summed E-state index contributed by atoms with van der Waals surface area (Å²) < 4.78 is 103. The second-order valence-corrected chi connectivity index (χ2v) is 6.39. The third-order valence-corrected chi connectivity index (χ3v) is 4.76.